The Hall–Kier alpha value is -4.30. The maximum absolute atomic E-state index is 15.3. The summed E-state index contributed by atoms with van der Waals surface area (Å²) in [6.45, 7) is 3.27. The first kappa shape index (κ1) is 29.4. The zero-order chi connectivity index (χ0) is 30.9. The monoisotopic (exact) mass is 606 g/mol. The van der Waals surface area contributed by atoms with Crippen LogP contribution < -0.4 is 10.6 Å². The van der Waals surface area contributed by atoms with Crippen molar-refractivity contribution in [2.45, 2.75) is 63.6 Å². The van der Waals surface area contributed by atoms with E-state index in [4.69, 9.17) is 4.74 Å². The van der Waals surface area contributed by atoms with Crippen LogP contribution in [0.25, 0.3) is 10.9 Å². The molecule has 3 aromatic carbocycles. The first-order valence-corrected chi connectivity index (χ1v) is 16.1. The molecule has 45 heavy (non-hydrogen) atoms. The van der Waals surface area contributed by atoms with Crippen molar-refractivity contribution in [2.24, 2.45) is 11.8 Å². The van der Waals surface area contributed by atoms with Gasteiger partial charge < -0.3 is 20.3 Å². The van der Waals surface area contributed by atoms with Gasteiger partial charge in [0.2, 0.25) is 5.91 Å². The van der Waals surface area contributed by atoms with E-state index in [9.17, 15) is 9.59 Å². The van der Waals surface area contributed by atoms with Crippen molar-refractivity contribution >= 4 is 34.1 Å². The van der Waals surface area contributed by atoms with Crippen LogP contribution in [0.3, 0.4) is 0 Å². The minimum atomic E-state index is -0.546. The van der Waals surface area contributed by atoms with Crippen LogP contribution in [0.5, 0.6) is 0 Å². The van der Waals surface area contributed by atoms with Crippen molar-refractivity contribution in [1.82, 2.24) is 9.88 Å². The number of aromatic nitrogens is 1. The molecule has 1 aliphatic carbocycles. The summed E-state index contributed by atoms with van der Waals surface area (Å²) in [6, 6.07) is 22.2. The lowest BCUT2D eigenvalue weighted by Crippen LogP contribution is -2.54. The highest BCUT2D eigenvalue weighted by atomic mass is 19.1. The number of benzene rings is 3. The Morgan fingerprint density at radius 3 is 2.53 bits per heavy atom. The van der Waals surface area contributed by atoms with E-state index in [1.165, 1.54) is 6.07 Å². The van der Waals surface area contributed by atoms with Gasteiger partial charge in [-0.3, -0.25) is 14.6 Å². The number of hydrogen-bond acceptors (Lipinski definition) is 5. The molecule has 2 N–H and O–H groups in total. The van der Waals surface area contributed by atoms with E-state index in [1.807, 2.05) is 59.5 Å². The van der Waals surface area contributed by atoms with Crippen molar-refractivity contribution < 1.29 is 18.7 Å². The molecule has 232 valence electrons. The van der Waals surface area contributed by atoms with Gasteiger partial charge in [0.25, 0.3) is 5.91 Å². The molecule has 1 saturated carbocycles. The number of halogens is 1. The van der Waals surface area contributed by atoms with Crippen LogP contribution in [0.4, 0.5) is 15.8 Å². The SMILES string of the molecule is Cc1cccc(F)c1C(=O)N1C2CCCC2CC(C(=O)Nc2ccc3ncccc3c2)[C@@H]1c1ccc(NC2CCOCC2)cc1. The number of aryl methyl sites for hydroxylation is 1. The molecule has 1 aromatic heterocycles. The molecule has 7 rings (SSSR count). The van der Waals surface area contributed by atoms with E-state index >= 15 is 4.39 Å². The van der Waals surface area contributed by atoms with E-state index in [0.717, 1.165) is 67.5 Å². The lowest BCUT2D eigenvalue weighted by atomic mass is 9.76. The van der Waals surface area contributed by atoms with Crippen molar-refractivity contribution in [3.63, 3.8) is 0 Å². The number of pyridine rings is 1. The van der Waals surface area contributed by atoms with Crippen LogP contribution in [0, 0.1) is 24.6 Å². The van der Waals surface area contributed by atoms with E-state index in [-0.39, 0.29) is 29.3 Å². The number of carbonyl (C=O) groups is 2. The third-order valence-corrected chi connectivity index (χ3v) is 9.94. The molecule has 2 aliphatic heterocycles. The quantitative estimate of drug-likeness (QED) is 0.241. The van der Waals surface area contributed by atoms with Crippen LogP contribution in [0.2, 0.25) is 0 Å². The molecule has 2 saturated heterocycles. The minimum Gasteiger partial charge on any atom is -0.382 e. The van der Waals surface area contributed by atoms with Crippen LogP contribution in [-0.2, 0) is 9.53 Å². The van der Waals surface area contributed by atoms with E-state index < -0.39 is 17.8 Å². The molecule has 4 atom stereocenters. The zero-order valence-corrected chi connectivity index (χ0v) is 25.5. The number of fused-ring (bicyclic) bond motifs is 2. The number of hydrogen-bond donors (Lipinski definition) is 2. The summed E-state index contributed by atoms with van der Waals surface area (Å²) in [5.41, 5.74) is 4.10. The molecule has 0 spiro atoms. The molecule has 7 nitrogen and oxygen atoms in total. The molecule has 0 bridgehead atoms. The standard InChI is InChI=1S/C37H39FN4O3/c1-23-5-2-8-31(38)34(23)37(44)42-33-9-3-6-26(33)22-30(36(43)41-29-14-15-32-25(21-29)7-4-18-39-32)35(42)24-10-12-27(13-11-24)40-28-16-19-45-20-17-28/h2,4-5,7-8,10-15,18,21,26,28,30,33,35,40H,3,6,9,16-17,19-20,22H2,1H3,(H,41,43)/t26?,30?,33?,35-/m0/s1. The van der Waals surface area contributed by atoms with Crippen LogP contribution in [0.1, 0.15) is 66.1 Å². The molecule has 3 heterocycles. The van der Waals surface area contributed by atoms with Crippen molar-refractivity contribution in [2.75, 3.05) is 23.8 Å². The fourth-order valence-electron chi connectivity index (χ4n) is 7.71. The Kier molecular flexibility index (Phi) is 8.23. The van der Waals surface area contributed by atoms with Crippen LogP contribution in [-0.4, -0.2) is 47.0 Å². The fraction of sp³-hybridized carbons (Fsp3) is 0.378. The number of carbonyl (C=O) groups excluding carboxylic acids is 2. The summed E-state index contributed by atoms with van der Waals surface area (Å²) in [4.78, 5) is 35.0. The van der Waals surface area contributed by atoms with E-state index in [0.29, 0.717) is 23.7 Å². The number of anilines is 2. The molecule has 4 aromatic rings. The predicted molar refractivity (Wildman–Crippen MR) is 174 cm³/mol. The number of ether oxygens (including phenoxy) is 1. The Morgan fingerprint density at radius 2 is 1.73 bits per heavy atom. The number of nitrogens with zero attached hydrogens (tertiary/aromatic N) is 2. The average molecular weight is 607 g/mol. The maximum atomic E-state index is 15.3. The number of piperidine rings is 1. The summed E-state index contributed by atoms with van der Waals surface area (Å²) >= 11 is 0. The summed E-state index contributed by atoms with van der Waals surface area (Å²) in [5, 5.41) is 7.71. The van der Waals surface area contributed by atoms with Gasteiger partial charge in [-0.1, -0.05) is 36.8 Å². The number of amides is 2. The second-order valence-corrected chi connectivity index (χ2v) is 12.7. The van der Waals surface area contributed by atoms with Gasteiger partial charge in [-0.05, 0) is 98.5 Å². The first-order chi connectivity index (χ1) is 22.0. The second-order valence-electron chi connectivity index (χ2n) is 12.7. The van der Waals surface area contributed by atoms with Crippen molar-refractivity contribution in [3.05, 3.63) is 102 Å². The smallest absolute Gasteiger partial charge is 0.257 e. The highest BCUT2D eigenvalue weighted by molar-refractivity contribution is 5.99. The lowest BCUT2D eigenvalue weighted by molar-refractivity contribution is -0.125. The summed E-state index contributed by atoms with van der Waals surface area (Å²) < 4.78 is 20.8. The molecule has 0 radical (unpaired) electrons. The maximum Gasteiger partial charge on any atom is 0.257 e. The van der Waals surface area contributed by atoms with Crippen LogP contribution >= 0.6 is 0 Å². The van der Waals surface area contributed by atoms with Gasteiger partial charge in [0.05, 0.1) is 23.0 Å². The Labute approximate surface area is 263 Å². The Morgan fingerprint density at radius 1 is 0.933 bits per heavy atom. The second kappa shape index (κ2) is 12.6. The third-order valence-electron chi connectivity index (χ3n) is 9.94. The van der Waals surface area contributed by atoms with Gasteiger partial charge in [0.1, 0.15) is 5.82 Å². The first-order valence-electron chi connectivity index (χ1n) is 16.1. The molecule has 3 unspecified atom stereocenters. The van der Waals surface area contributed by atoms with Gasteiger partial charge in [-0.2, -0.15) is 0 Å². The van der Waals surface area contributed by atoms with Gasteiger partial charge in [-0.15, -0.1) is 0 Å². The van der Waals surface area contributed by atoms with Gasteiger partial charge in [0.15, 0.2) is 0 Å². The average Bonchev–Trinajstić information content (AvgIpc) is 3.53. The topological polar surface area (TPSA) is 83.6 Å². The third kappa shape index (κ3) is 5.91. The molecule has 3 aliphatic rings. The Bertz CT molecular complexity index is 1680. The highest BCUT2D eigenvalue weighted by Gasteiger charge is 2.50. The number of likely N-dealkylation sites (tertiary alicyclic amines) is 1. The summed E-state index contributed by atoms with van der Waals surface area (Å²) in [7, 11) is 0. The highest BCUT2D eigenvalue weighted by Crippen LogP contribution is 2.49. The van der Waals surface area contributed by atoms with Gasteiger partial charge in [-0.25, -0.2) is 4.39 Å². The normalized spacial score (nSPS) is 23.5. The molecular formula is C37H39FN4O3. The zero-order valence-electron chi connectivity index (χ0n) is 25.5. The molecule has 2 amide bonds. The van der Waals surface area contributed by atoms with E-state index in [2.05, 4.69) is 15.6 Å². The lowest BCUT2D eigenvalue weighted by Gasteiger charge is -2.48. The largest absolute Gasteiger partial charge is 0.382 e. The predicted octanol–water partition coefficient (Wildman–Crippen LogP) is 7.28. The van der Waals surface area contributed by atoms with Gasteiger partial charge in [0, 0.05) is 48.3 Å². The number of rotatable bonds is 6. The molecule has 8 heteroatoms. The van der Waals surface area contributed by atoms with Crippen LogP contribution in [0.15, 0.2) is 79.0 Å². The van der Waals surface area contributed by atoms with Gasteiger partial charge >= 0.3 is 0 Å². The summed E-state index contributed by atoms with van der Waals surface area (Å²) in [6.07, 6.45) is 7.07. The molecule has 3 fully saturated rings. The minimum absolute atomic E-state index is 0.0580. The number of nitrogens with one attached hydrogen (secondary N) is 2. The fourth-order valence-corrected chi connectivity index (χ4v) is 7.71. The molecular weight excluding hydrogens is 567 g/mol. The Balaban J connectivity index is 1.26. The van der Waals surface area contributed by atoms with Crippen molar-refractivity contribution in [1.29, 1.82) is 0 Å². The van der Waals surface area contributed by atoms with Crippen molar-refractivity contribution in [3.8, 4) is 0 Å². The van der Waals surface area contributed by atoms with E-state index in [1.54, 1.807) is 25.3 Å². The summed E-state index contributed by atoms with van der Waals surface area (Å²) in [5.74, 6) is -1.35.